The van der Waals surface area contributed by atoms with E-state index < -0.39 is 0 Å². The highest BCUT2D eigenvalue weighted by molar-refractivity contribution is 5.51. The SMILES string of the molecule is CCC(CC)N1CCc2cccc(N)c2C1. The van der Waals surface area contributed by atoms with Gasteiger partial charge in [0, 0.05) is 24.8 Å². The number of nitrogen functional groups attached to an aromatic ring is 1. The van der Waals surface area contributed by atoms with Crippen molar-refractivity contribution in [1.82, 2.24) is 4.90 Å². The molecule has 1 aromatic carbocycles. The lowest BCUT2D eigenvalue weighted by Gasteiger charge is -2.35. The maximum atomic E-state index is 6.06. The van der Waals surface area contributed by atoms with Gasteiger partial charge in [0.1, 0.15) is 0 Å². The van der Waals surface area contributed by atoms with E-state index in [1.54, 1.807) is 0 Å². The fourth-order valence-electron chi connectivity index (χ4n) is 2.74. The van der Waals surface area contributed by atoms with Gasteiger partial charge in [0.2, 0.25) is 0 Å². The molecule has 1 aromatic rings. The molecule has 0 amide bonds. The minimum atomic E-state index is 0.716. The van der Waals surface area contributed by atoms with Crippen molar-refractivity contribution in [2.45, 2.75) is 45.7 Å². The van der Waals surface area contributed by atoms with Crippen molar-refractivity contribution in [2.75, 3.05) is 12.3 Å². The number of nitrogens with zero attached hydrogens (tertiary/aromatic N) is 1. The molecule has 0 aliphatic carbocycles. The van der Waals surface area contributed by atoms with E-state index in [2.05, 4.69) is 30.9 Å². The summed E-state index contributed by atoms with van der Waals surface area (Å²) in [5.41, 5.74) is 9.83. The van der Waals surface area contributed by atoms with Crippen molar-refractivity contribution in [2.24, 2.45) is 0 Å². The predicted octanol–water partition coefficient (Wildman–Crippen LogP) is 2.82. The summed E-state index contributed by atoms with van der Waals surface area (Å²) in [6, 6.07) is 7.03. The highest BCUT2D eigenvalue weighted by Crippen LogP contribution is 2.26. The second-order valence-electron chi connectivity index (χ2n) is 4.68. The minimum absolute atomic E-state index is 0.716. The van der Waals surface area contributed by atoms with Gasteiger partial charge in [-0.15, -0.1) is 0 Å². The summed E-state index contributed by atoms with van der Waals surface area (Å²) in [6.45, 7) is 6.77. The molecule has 1 heterocycles. The van der Waals surface area contributed by atoms with Crippen LogP contribution in [0.4, 0.5) is 5.69 Å². The van der Waals surface area contributed by atoms with Gasteiger partial charge in [-0.05, 0) is 36.5 Å². The molecule has 0 radical (unpaired) electrons. The first-order valence-corrected chi connectivity index (χ1v) is 6.36. The molecule has 0 saturated carbocycles. The number of rotatable bonds is 3. The summed E-state index contributed by atoms with van der Waals surface area (Å²) in [6.07, 6.45) is 3.62. The topological polar surface area (TPSA) is 29.3 Å². The van der Waals surface area contributed by atoms with Crippen LogP contribution in [-0.2, 0) is 13.0 Å². The Labute approximate surface area is 98.4 Å². The molecule has 0 bridgehead atoms. The fourth-order valence-corrected chi connectivity index (χ4v) is 2.74. The van der Waals surface area contributed by atoms with Crippen molar-refractivity contribution >= 4 is 5.69 Å². The van der Waals surface area contributed by atoms with Gasteiger partial charge in [-0.3, -0.25) is 4.90 Å². The Morgan fingerprint density at radius 1 is 1.31 bits per heavy atom. The zero-order valence-corrected chi connectivity index (χ0v) is 10.4. The van der Waals surface area contributed by atoms with Crippen molar-refractivity contribution in [3.8, 4) is 0 Å². The minimum Gasteiger partial charge on any atom is -0.398 e. The van der Waals surface area contributed by atoms with Gasteiger partial charge >= 0.3 is 0 Å². The summed E-state index contributed by atoms with van der Waals surface area (Å²) in [5.74, 6) is 0. The van der Waals surface area contributed by atoms with Crippen LogP contribution in [0.3, 0.4) is 0 Å². The second-order valence-corrected chi connectivity index (χ2v) is 4.68. The first-order chi connectivity index (χ1) is 7.76. The first kappa shape index (κ1) is 11.5. The molecule has 1 aliphatic rings. The first-order valence-electron chi connectivity index (χ1n) is 6.36. The fraction of sp³-hybridized carbons (Fsp3) is 0.571. The van der Waals surface area contributed by atoms with E-state index in [0.717, 1.165) is 18.7 Å². The number of hydrogen-bond acceptors (Lipinski definition) is 2. The van der Waals surface area contributed by atoms with Crippen molar-refractivity contribution in [1.29, 1.82) is 0 Å². The van der Waals surface area contributed by atoms with Crippen LogP contribution in [0.15, 0.2) is 18.2 Å². The van der Waals surface area contributed by atoms with Crippen LogP contribution < -0.4 is 5.73 Å². The highest BCUT2D eigenvalue weighted by atomic mass is 15.2. The Morgan fingerprint density at radius 3 is 2.75 bits per heavy atom. The van der Waals surface area contributed by atoms with E-state index in [9.17, 15) is 0 Å². The van der Waals surface area contributed by atoms with Crippen LogP contribution in [-0.4, -0.2) is 17.5 Å². The summed E-state index contributed by atoms with van der Waals surface area (Å²) in [5, 5.41) is 0. The Kier molecular flexibility index (Phi) is 3.49. The van der Waals surface area contributed by atoms with E-state index in [-0.39, 0.29) is 0 Å². The third-order valence-electron chi connectivity index (χ3n) is 3.80. The van der Waals surface area contributed by atoms with Crippen LogP contribution in [0.5, 0.6) is 0 Å². The van der Waals surface area contributed by atoms with Gasteiger partial charge in [0.05, 0.1) is 0 Å². The van der Waals surface area contributed by atoms with Crippen molar-refractivity contribution < 1.29 is 0 Å². The maximum Gasteiger partial charge on any atom is 0.0362 e. The summed E-state index contributed by atoms with van der Waals surface area (Å²) in [7, 11) is 0. The quantitative estimate of drug-likeness (QED) is 0.790. The third-order valence-corrected chi connectivity index (χ3v) is 3.80. The molecule has 0 saturated heterocycles. The van der Waals surface area contributed by atoms with Gasteiger partial charge in [0.15, 0.2) is 0 Å². The molecule has 2 rings (SSSR count). The van der Waals surface area contributed by atoms with E-state index in [1.807, 2.05) is 6.07 Å². The van der Waals surface area contributed by atoms with Crippen LogP contribution in [0, 0.1) is 0 Å². The van der Waals surface area contributed by atoms with Gasteiger partial charge in [-0.25, -0.2) is 0 Å². The number of benzene rings is 1. The molecule has 0 aromatic heterocycles. The summed E-state index contributed by atoms with van der Waals surface area (Å²) < 4.78 is 0. The van der Waals surface area contributed by atoms with Gasteiger partial charge in [-0.1, -0.05) is 26.0 Å². The molecule has 2 heteroatoms. The molecule has 0 fully saturated rings. The van der Waals surface area contributed by atoms with Gasteiger partial charge in [0.25, 0.3) is 0 Å². The molecule has 0 atom stereocenters. The van der Waals surface area contributed by atoms with Crippen molar-refractivity contribution in [3.05, 3.63) is 29.3 Å². The zero-order chi connectivity index (χ0) is 11.5. The molecule has 16 heavy (non-hydrogen) atoms. The maximum absolute atomic E-state index is 6.06. The number of anilines is 1. The highest BCUT2D eigenvalue weighted by Gasteiger charge is 2.22. The average molecular weight is 218 g/mol. The molecule has 0 spiro atoms. The number of nitrogens with two attached hydrogens (primary N) is 1. The average Bonchev–Trinajstić information content (AvgIpc) is 2.32. The second kappa shape index (κ2) is 4.88. The normalized spacial score (nSPS) is 16.4. The van der Waals surface area contributed by atoms with Gasteiger partial charge < -0.3 is 5.73 Å². The van der Waals surface area contributed by atoms with Crippen LogP contribution in [0.25, 0.3) is 0 Å². The van der Waals surface area contributed by atoms with Crippen LogP contribution >= 0.6 is 0 Å². The standard InChI is InChI=1S/C14H22N2/c1-3-12(4-2)16-9-8-11-6-5-7-14(15)13(11)10-16/h5-7,12H,3-4,8-10,15H2,1-2H3. The van der Waals surface area contributed by atoms with E-state index >= 15 is 0 Å². The molecular weight excluding hydrogens is 196 g/mol. The summed E-state index contributed by atoms with van der Waals surface area (Å²) >= 11 is 0. The Bertz CT molecular complexity index is 356. The largest absolute Gasteiger partial charge is 0.398 e. The molecular formula is C14H22N2. The molecule has 2 N–H and O–H groups in total. The predicted molar refractivity (Wildman–Crippen MR) is 69.3 cm³/mol. The lowest BCUT2D eigenvalue weighted by atomic mass is 9.96. The smallest absolute Gasteiger partial charge is 0.0362 e. The lowest BCUT2D eigenvalue weighted by Crippen LogP contribution is -2.38. The number of fused-ring (bicyclic) bond motifs is 1. The Morgan fingerprint density at radius 2 is 2.06 bits per heavy atom. The van der Waals surface area contributed by atoms with E-state index in [4.69, 9.17) is 5.73 Å². The zero-order valence-electron chi connectivity index (χ0n) is 10.4. The van der Waals surface area contributed by atoms with Crippen molar-refractivity contribution in [3.63, 3.8) is 0 Å². The molecule has 2 nitrogen and oxygen atoms in total. The van der Waals surface area contributed by atoms with Gasteiger partial charge in [-0.2, -0.15) is 0 Å². The molecule has 0 unspecified atom stereocenters. The molecule has 1 aliphatic heterocycles. The number of hydrogen-bond donors (Lipinski definition) is 1. The van der Waals surface area contributed by atoms with E-state index in [0.29, 0.717) is 6.04 Å². The third kappa shape index (κ3) is 2.07. The van der Waals surface area contributed by atoms with E-state index in [1.165, 1.54) is 30.5 Å². The Balaban J connectivity index is 2.19. The summed E-state index contributed by atoms with van der Waals surface area (Å²) in [4.78, 5) is 2.58. The van der Waals surface area contributed by atoms with Crippen LogP contribution in [0.1, 0.15) is 37.8 Å². The lowest BCUT2D eigenvalue weighted by molar-refractivity contribution is 0.169. The molecule has 88 valence electrons. The van der Waals surface area contributed by atoms with Crippen LogP contribution in [0.2, 0.25) is 0 Å². The Hall–Kier alpha value is -1.02. The monoisotopic (exact) mass is 218 g/mol.